The van der Waals surface area contributed by atoms with Crippen LogP contribution in [-0.4, -0.2) is 88.1 Å². The molecular weight excluding hydrogens is 490 g/mol. The third-order valence-corrected chi connectivity index (χ3v) is 7.89. The van der Waals surface area contributed by atoms with E-state index in [-0.39, 0.29) is 17.4 Å². The van der Waals surface area contributed by atoms with Crippen LogP contribution in [0.25, 0.3) is 0 Å². The minimum Gasteiger partial charge on any atom is -0.487 e. The van der Waals surface area contributed by atoms with Crippen LogP contribution in [0.15, 0.2) is 59.4 Å². The number of rotatable bonds is 12. The lowest BCUT2D eigenvalue weighted by Gasteiger charge is -2.47. The molecule has 214 valence electrons. The monoisotopic (exact) mass is 537 g/mol. The van der Waals surface area contributed by atoms with Gasteiger partial charge in [-0.2, -0.15) is 0 Å². The van der Waals surface area contributed by atoms with Crippen molar-refractivity contribution in [2.45, 2.75) is 46.1 Å². The summed E-state index contributed by atoms with van der Waals surface area (Å²) < 4.78 is 11.9. The molecule has 8 nitrogen and oxygen atoms in total. The standard InChI is InChI=1S/C31H47N5O3/c1-8-30(37)34-20-24(3)36-14-12-26(31(4,5)22-36)25-9-10-29(27(19-25)33-7)39-21-23(2)28(11-13-32-6)35-15-17-38-18-16-35/h8-11,13,19,24,26,33H,1,6,12,14-18,20-22H2,2-5,7H3,(H,34,37)/b13-11-,28-23-. The Morgan fingerprint density at radius 1 is 1.31 bits per heavy atom. The normalized spacial score (nSPS) is 21.2. The van der Waals surface area contributed by atoms with Gasteiger partial charge in [-0.1, -0.05) is 26.5 Å². The number of ether oxygens (including phenoxy) is 2. The maximum atomic E-state index is 11.6. The Morgan fingerprint density at radius 2 is 2.05 bits per heavy atom. The van der Waals surface area contributed by atoms with Crippen molar-refractivity contribution in [2.75, 3.05) is 64.9 Å². The number of allylic oxidation sites excluding steroid dienone is 1. The molecule has 1 aromatic rings. The average Bonchev–Trinajstić information content (AvgIpc) is 2.94. The Hall–Kier alpha value is -3.10. The first kappa shape index (κ1) is 30.4. The van der Waals surface area contributed by atoms with E-state index in [1.54, 1.807) is 6.20 Å². The first-order valence-corrected chi connectivity index (χ1v) is 13.9. The van der Waals surface area contributed by atoms with Crippen LogP contribution in [0.3, 0.4) is 0 Å². The van der Waals surface area contributed by atoms with Crippen molar-refractivity contribution in [2.24, 2.45) is 10.4 Å². The Balaban J connectivity index is 1.70. The van der Waals surface area contributed by atoms with Gasteiger partial charge in [0.2, 0.25) is 5.91 Å². The number of morpholine rings is 1. The van der Waals surface area contributed by atoms with E-state index in [0.717, 1.165) is 68.5 Å². The number of hydrogen-bond donors (Lipinski definition) is 2. The van der Waals surface area contributed by atoms with Crippen LogP contribution in [0, 0.1) is 5.41 Å². The number of anilines is 1. The average molecular weight is 538 g/mol. The fraction of sp³-hybridized carbons (Fsp3) is 0.548. The molecule has 2 saturated heterocycles. The van der Waals surface area contributed by atoms with Gasteiger partial charge >= 0.3 is 0 Å². The van der Waals surface area contributed by atoms with Gasteiger partial charge < -0.3 is 25.0 Å². The molecule has 39 heavy (non-hydrogen) atoms. The van der Waals surface area contributed by atoms with E-state index in [4.69, 9.17) is 9.47 Å². The third-order valence-electron chi connectivity index (χ3n) is 7.89. The quantitative estimate of drug-likeness (QED) is 0.233. The van der Waals surface area contributed by atoms with Crippen molar-refractivity contribution in [1.82, 2.24) is 15.1 Å². The lowest BCUT2D eigenvalue weighted by molar-refractivity contribution is -0.116. The van der Waals surface area contributed by atoms with E-state index in [1.807, 2.05) is 13.1 Å². The lowest BCUT2D eigenvalue weighted by Crippen LogP contribution is -2.51. The molecule has 1 amide bonds. The predicted molar refractivity (Wildman–Crippen MR) is 161 cm³/mol. The fourth-order valence-corrected chi connectivity index (χ4v) is 5.63. The number of amides is 1. The van der Waals surface area contributed by atoms with Crippen LogP contribution in [0.1, 0.15) is 45.6 Å². The van der Waals surface area contributed by atoms with E-state index >= 15 is 0 Å². The summed E-state index contributed by atoms with van der Waals surface area (Å²) in [6, 6.07) is 6.83. The number of aliphatic imine (C=N–C) groups is 1. The molecule has 0 bridgehead atoms. The Labute approximate surface area is 234 Å². The van der Waals surface area contributed by atoms with E-state index in [9.17, 15) is 4.79 Å². The molecule has 0 aromatic heterocycles. The molecule has 2 fully saturated rings. The molecule has 2 heterocycles. The van der Waals surface area contributed by atoms with Gasteiger partial charge in [0.05, 0.1) is 18.9 Å². The van der Waals surface area contributed by atoms with Crippen molar-refractivity contribution in [3.63, 3.8) is 0 Å². The summed E-state index contributed by atoms with van der Waals surface area (Å²) in [6.45, 7) is 22.3. The number of carbonyl (C=O) groups excluding carboxylic acids is 1. The van der Waals surface area contributed by atoms with Gasteiger partial charge in [-0.3, -0.25) is 14.7 Å². The van der Waals surface area contributed by atoms with Gasteiger partial charge in [-0.25, -0.2) is 0 Å². The van der Waals surface area contributed by atoms with Crippen LogP contribution in [0.4, 0.5) is 5.69 Å². The Bertz CT molecular complexity index is 1060. The molecule has 0 aliphatic carbocycles. The maximum Gasteiger partial charge on any atom is 0.243 e. The number of nitrogens with one attached hydrogen (secondary N) is 2. The smallest absolute Gasteiger partial charge is 0.243 e. The Kier molecular flexibility index (Phi) is 11.2. The summed E-state index contributed by atoms with van der Waals surface area (Å²) in [4.78, 5) is 20.3. The van der Waals surface area contributed by atoms with E-state index in [0.29, 0.717) is 19.1 Å². The second-order valence-electron chi connectivity index (χ2n) is 11.2. The highest BCUT2D eigenvalue weighted by Crippen LogP contribution is 2.44. The summed E-state index contributed by atoms with van der Waals surface area (Å²) in [5.74, 6) is 1.15. The molecule has 2 aliphatic heterocycles. The van der Waals surface area contributed by atoms with E-state index in [1.165, 1.54) is 11.6 Å². The zero-order chi connectivity index (χ0) is 28.4. The second kappa shape index (κ2) is 14.3. The molecule has 2 unspecified atom stereocenters. The second-order valence-corrected chi connectivity index (χ2v) is 11.2. The number of carbonyl (C=O) groups is 1. The van der Waals surface area contributed by atoms with Crippen molar-refractivity contribution < 1.29 is 14.3 Å². The number of benzene rings is 1. The first-order valence-electron chi connectivity index (χ1n) is 13.9. The molecule has 1 aromatic carbocycles. The minimum atomic E-state index is -0.119. The van der Waals surface area contributed by atoms with Crippen LogP contribution in [0.2, 0.25) is 0 Å². The highest BCUT2D eigenvalue weighted by atomic mass is 16.5. The number of piperidine rings is 1. The summed E-state index contributed by atoms with van der Waals surface area (Å²) in [6.07, 6.45) is 6.12. The molecule has 2 atom stereocenters. The maximum absolute atomic E-state index is 11.6. The van der Waals surface area contributed by atoms with Crippen LogP contribution in [0.5, 0.6) is 5.75 Å². The number of hydrogen-bond acceptors (Lipinski definition) is 7. The SMILES string of the molecule is C=CC(=O)NCC(C)N1CCC(c2ccc(OC/C(C)=C(/C=C\N=C)N3CCOCC3)c(NC)c2)C(C)(C)C1. The molecule has 0 radical (unpaired) electrons. The molecular formula is C31H47N5O3. The minimum absolute atomic E-state index is 0.0836. The largest absolute Gasteiger partial charge is 0.487 e. The van der Waals surface area contributed by atoms with Crippen LogP contribution >= 0.6 is 0 Å². The molecule has 2 N–H and O–H groups in total. The van der Waals surface area contributed by atoms with Gasteiger partial charge in [-0.15, -0.1) is 0 Å². The van der Waals surface area contributed by atoms with Gasteiger partial charge in [0.15, 0.2) is 0 Å². The van der Waals surface area contributed by atoms with Crippen LogP contribution < -0.4 is 15.4 Å². The molecule has 3 rings (SSSR count). The van der Waals surface area contributed by atoms with Gasteiger partial charge in [0, 0.05) is 51.2 Å². The topological polar surface area (TPSA) is 78.4 Å². The summed E-state index contributed by atoms with van der Waals surface area (Å²) in [5.41, 5.74) is 4.65. The van der Waals surface area contributed by atoms with Crippen LogP contribution in [-0.2, 0) is 9.53 Å². The number of likely N-dealkylation sites (tertiary alicyclic amines) is 1. The number of nitrogens with zero attached hydrogens (tertiary/aromatic N) is 3. The summed E-state index contributed by atoms with van der Waals surface area (Å²) >= 11 is 0. The first-order chi connectivity index (χ1) is 18.7. The predicted octanol–water partition coefficient (Wildman–Crippen LogP) is 4.43. The van der Waals surface area contributed by atoms with E-state index in [2.05, 4.69) is 84.6 Å². The fourth-order valence-electron chi connectivity index (χ4n) is 5.63. The lowest BCUT2D eigenvalue weighted by atomic mass is 9.70. The highest BCUT2D eigenvalue weighted by Gasteiger charge is 2.38. The molecule has 2 aliphatic rings. The van der Waals surface area contributed by atoms with Crippen molar-refractivity contribution in [1.29, 1.82) is 0 Å². The zero-order valence-corrected chi connectivity index (χ0v) is 24.5. The van der Waals surface area contributed by atoms with Gasteiger partial charge in [0.25, 0.3) is 0 Å². The van der Waals surface area contributed by atoms with E-state index < -0.39 is 0 Å². The van der Waals surface area contributed by atoms with Gasteiger partial charge in [0.1, 0.15) is 12.4 Å². The third kappa shape index (κ3) is 8.19. The highest BCUT2D eigenvalue weighted by molar-refractivity contribution is 5.86. The molecule has 8 heteroatoms. The van der Waals surface area contributed by atoms with Crippen molar-refractivity contribution >= 4 is 18.3 Å². The summed E-state index contributed by atoms with van der Waals surface area (Å²) in [7, 11) is 1.94. The molecule has 0 saturated carbocycles. The Morgan fingerprint density at radius 3 is 2.69 bits per heavy atom. The van der Waals surface area contributed by atoms with Crippen molar-refractivity contribution in [3.8, 4) is 5.75 Å². The molecule has 0 spiro atoms. The van der Waals surface area contributed by atoms with Gasteiger partial charge in [-0.05, 0) is 80.3 Å². The summed E-state index contributed by atoms with van der Waals surface area (Å²) in [5, 5.41) is 6.28. The van der Waals surface area contributed by atoms with Crippen molar-refractivity contribution in [3.05, 3.63) is 60.0 Å². The zero-order valence-electron chi connectivity index (χ0n) is 24.5.